The van der Waals surface area contributed by atoms with Crippen LogP contribution in [-0.4, -0.2) is 35.4 Å². The number of rotatable bonds is 6. The zero-order valence-corrected chi connectivity index (χ0v) is 12.8. The molecule has 1 aromatic rings. The molecule has 1 aliphatic heterocycles. The number of amides is 4. The van der Waals surface area contributed by atoms with E-state index >= 15 is 0 Å². The first-order valence-corrected chi connectivity index (χ1v) is 7.58. The van der Waals surface area contributed by atoms with Crippen LogP contribution < -0.4 is 16.0 Å². The largest absolute Gasteiger partial charge is 0.356 e. The number of hydrogen-bond acceptors (Lipinski definition) is 5. The molecule has 2 rings (SSSR count). The highest BCUT2D eigenvalue weighted by Crippen LogP contribution is 2.16. The fourth-order valence-corrected chi connectivity index (χ4v) is 2.91. The Labute approximate surface area is 126 Å². The number of carbonyl (C=O) groups is 3. The van der Waals surface area contributed by atoms with Gasteiger partial charge in [-0.05, 0) is 20.3 Å². The maximum Gasteiger partial charge on any atom is 0.322 e. The number of nitrogens with one attached hydrogen (secondary N) is 3. The quantitative estimate of drug-likeness (QED) is 0.662. The van der Waals surface area contributed by atoms with Crippen molar-refractivity contribution in [3.63, 3.8) is 0 Å². The third kappa shape index (κ3) is 4.25. The molecule has 1 saturated heterocycles. The molecule has 0 spiro atoms. The van der Waals surface area contributed by atoms with Crippen molar-refractivity contribution >= 4 is 29.2 Å². The third-order valence-electron chi connectivity index (χ3n) is 3.25. The summed E-state index contributed by atoms with van der Waals surface area (Å²) < 4.78 is 0. The Morgan fingerprint density at radius 2 is 2.14 bits per heavy atom. The number of aryl methyl sites for hydroxylation is 2. The molecule has 8 heteroatoms. The maximum absolute atomic E-state index is 11.7. The van der Waals surface area contributed by atoms with Gasteiger partial charge in [-0.25, -0.2) is 9.78 Å². The van der Waals surface area contributed by atoms with Crippen LogP contribution >= 0.6 is 11.3 Å². The molecule has 4 amide bonds. The van der Waals surface area contributed by atoms with Gasteiger partial charge in [0, 0.05) is 24.3 Å². The molecule has 0 aliphatic carbocycles. The van der Waals surface area contributed by atoms with Gasteiger partial charge in [-0.15, -0.1) is 11.3 Å². The van der Waals surface area contributed by atoms with E-state index in [0.717, 1.165) is 10.7 Å². The molecule has 7 nitrogen and oxygen atoms in total. The van der Waals surface area contributed by atoms with Gasteiger partial charge in [0.2, 0.25) is 5.91 Å². The summed E-state index contributed by atoms with van der Waals surface area (Å²) in [5.74, 6) is -0.504. The van der Waals surface area contributed by atoms with Gasteiger partial charge in [0.1, 0.15) is 6.04 Å². The van der Waals surface area contributed by atoms with Crippen LogP contribution in [0.25, 0.3) is 0 Å². The van der Waals surface area contributed by atoms with Gasteiger partial charge in [-0.1, -0.05) is 0 Å². The summed E-state index contributed by atoms with van der Waals surface area (Å²) in [6.07, 6.45) is 1.21. The van der Waals surface area contributed by atoms with E-state index in [0.29, 0.717) is 19.4 Å². The molecule has 114 valence electrons. The van der Waals surface area contributed by atoms with Crippen molar-refractivity contribution in [3.05, 3.63) is 15.6 Å². The van der Waals surface area contributed by atoms with Crippen molar-refractivity contribution in [2.24, 2.45) is 0 Å². The summed E-state index contributed by atoms with van der Waals surface area (Å²) in [5.41, 5.74) is 1.03. The van der Waals surface area contributed by atoms with Crippen LogP contribution in [0.1, 0.15) is 28.4 Å². The van der Waals surface area contributed by atoms with E-state index in [1.54, 1.807) is 11.3 Å². The van der Waals surface area contributed by atoms with E-state index in [9.17, 15) is 14.4 Å². The Hall–Kier alpha value is -1.96. The fourth-order valence-electron chi connectivity index (χ4n) is 1.98. The number of thiazole rings is 1. The summed E-state index contributed by atoms with van der Waals surface area (Å²) in [6.45, 7) is 4.51. The highest BCUT2D eigenvalue weighted by molar-refractivity contribution is 7.11. The lowest BCUT2D eigenvalue weighted by Crippen LogP contribution is -2.32. The first-order chi connectivity index (χ1) is 9.95. The third-order valence-corrected chi connectivity index (χ3v) is 4.39. The molecule has 1 atom stereocenters. The summed E-state index contributed by atoms with van der Waals surface area (Å²) in [6, 6.07) is -1.10. The highest BCUT2D eigenvalue weighted by atomic mass is 32.1. The summed E-state index contributed by atoms with van der Waals surface area (Å²) in [4.78, 5) is 39.5. The van der Waals surface area contributed by atoms with Gasteiger partial charge >= 0.3 is 6.03 Å². The van der Waals surface area contributed by atoms with Crippen LogP contribution in [0.3, 0.4) is 0 Å². The molecule has 1 aliphatic rings. The van der Waals surface area contributed by atoms with Crippen molar-refractivity contribution in [1.29, 1.82) is 0 Å². The lowest BCUT2D eigenvalue weighted by molar-refractivity contribution is -0.122. The molecular weight excluding hydrogens is 292 g/mol. The lowest BCUT2D eigenvalue weighted by atomic mass is 10.1. The minimum Gasteiger partial charge on any atom is -0.356 e. The minimum absolute atomic E-state index is 0.131. The molecule has 1 aromatic heterocycles. The fraction of sp³-hybridized carbons (Fsp3) is 0.538. The average molecular weight is 310 g/mol. The standard InChI is InChI=1S/C13H18N4O3S/c1-7-8(2)21-11(15-7)5-6-14-10(18)4-3-9-12(19)17-13(20)16-9/h9H,3-6H2,1-2H3,(H,14,18)(H2,16,17,19,20)/t9-/m1/s1. The van der Waals surface area contributed by atoms with Crippen LogP contribution in [0.15, 0.2) is 0 Å². The molecule has 0 aromatic carbocycles. The normalized spacial score (nSPS) is 17.5. The Balaban J connectivity index is 1.66. The predicted molar refractivity (Wildman–Crippen MR) is 78.0 cm³/mol. The monoisotopic (exact) mass is 310 g/mol. The van der Waals surface area contributed by atoms with Crippen molar-refractivity contribution in [2.45, 2.75) is 39.2 Å². The molecular formula is C13H18N4O3S. The molecule has 0 bridgehead atoms. The second kappa shape index (κ2) is 6.66. The minimum atomic E-state index is -0.604. The van der Waals surface area contributed by atoms with Crippen molar-refractivity contribution < 1.29 is 14.4 Å². The van der Waals surface area contributed by atoms with Gasteiger partial charge < -0.3 is 10.6 Å². The molecule has 0 unspecified atom stereocenters. The van der Waals surface area contributed by atoms with E-state index in [2.05, 4.69) is 20.9 Å². The predicted octanol–water partition coefficient (Wildman–Crippen LogP) is 0.407. The topological polar surface area (TPSA) is 100 Å². The maximum atomic E-state index is 11.7. The second-order valence-electron chi connectivity index (χ2n) is 4.90. The number of imide groups is 1. The summed E-state index contributed by atoms with van der Waals surface area (Å²) >= 11 is 1.64. The Morgan fingerprint density at radius 3 is 2.71 bits per heavy atom. The number of carbonyl (C=O) groups excluding carboxylic acids is 3. The zero-order chi connectivity index (χ0) is 15.4. The first-order valence-electron chi connectivity index (χ1n) is 6.76. The van der Waals surface area contributed by atoms with Crippen molar-refractivity contribution in [2.75, 3.05) is 6.54 Å². The number of urea groups is 1. The van der Waals surface area contributed by atoms with Gasteiger partial charge in [-0.3, -0.25) is 14.9 Å². The Kier molecular flexibility index (Phi) is 4.89. The van der Waals surface area contributed by atoms with Gasteiger partial charge in [0.25, 0.3) is 5.91 Å². The molecule has 2 heterocycles. The molecule has 3 N–H and O–H groups in total. The van der Waals surface area contributed by atoms with E-state index in [1.165, 1.54) is 4.88 Å². The number of aromatic nitrogens is 1. The van der Waals surface area contributed by atoms with Crippen LogP contribution in [0.2, 0.25) is 0 Å². The first kappa shape index (κ1) is 15.4. The molecule has 0 saturated carbocycles. The highest BCUT2D eigenvalue weighted by Gasteiger charge is 2.29. The Morgan fingerprint density at radius 1 is 1.38 bits per heavy atom. The number of hydrogen-bond donors (Lipinski definition) is 3. The molecule has 0 radical (unpaired) electrons. The SMILES string of the molecule is Cc1nc(CCNC(=O)CC[C@H]2NC(=O)NC2=O)sc1C. The smallest absolute Gasteiger partial charge is 0.322 e. The van der Waals surface area contributed by atoms with E-state index in [4.69, 9.17) is 0 Å². The average Bonchev–Trinajstić information content (AvgIpc) is 2.90. The van der Waals surface area contributed by atoms with Crippen LogP contribution in [-0.2, 0) is 16.0 Å². The molecule has 21 heavy (non-hydrogen) atoms. The summed E-state index contributed by atoms with van der Waals surface area (Å²) in [7, 11) is 0. The van der Waals surface area contributed by atoms with E-state index in [1.807, 2.05) is 13.8 Å². The van der Waals surface area contributed by atoms with Crippen molar-refractivity contribution in [1.82, 2.24) is 20.9 Å². The van der Waals surface area contributed by atoms with Gasteiger partial charge in [0.05, 0.1) is 10.7 Å². The van der Waals surface area contributed by atoms with Gasteiger partial charge in [-0.2, -0.15) is 0 Å². The van der Waals surface area contributed by atoms with E-state index < -0.39 is 12.1 Å². The summed E-state index contributed by atoms with van der Waals surface area (Å²) in [5, 5.41) is 8.40. The second-order valence-corrected chi connectivity index (χ2v) is 6.19. The Bertz CT molecular complexity index is 550. The van der Waals surface area contributed by atoms with E-state index in [-0.39, 0.29) is 18.2 Å². The lowest BCUT2D eigenvalue weighted by Gasteiger charge is -2.07. The van der Waals surface area contributed by atoms with Crippen LogP contribution in [0.5, 0.6) is 0 Å². The van der Waals surface area contributed by atoms with Gasteiger partial charge in [0.15, 0.2) is 0 Å². The van der Waals surface area contributed by atoms with Crippen LogP contribution in [0, 0.1) is 13.8 Å². The zero-order valence-electron chi connectivity index (χ0n) is 12.0. The van der Waals surface area contributed by atoms with Crippen molar-refractivity contribution in [3.8, 4) is 0 Å². The number of nitrogens with zero attached hydrogens (tertiary/aromatic N) is 1. The molecule has 1 fully saturated rings. The van der Waals surface area contributed by atoms with Crippen LogP contribution in [0.4, 0.5) is 4.79 Å².